The first-order chi connectivity index (χ1) is 19.8. The van der Waals surface area contributed by atoms with Gasteiger partial charge in [-0.1, -0.05) is 23.7 Å². The molecule has 3 aromatic rings. The van der Waals surface area contributed by atoms with Gasteiger partial charge in [0.25, 0.3) is 5.91 Å². The molecule has 1 fully saturated rings. The first-order valence-corrected chi connectivity index (χ1v) is 14.5. The Balaban J connectivity index is 1.24. The third kappa shape index (κ3) is 6.92. The van der Waals surface area contributed by atoms with Crippen molar-refractivity contribution in [3.05, 3.63) is 69.2 Å². The molecule has 0 spiro atoms. The molecule has 3 heterocycles. The number of fused-ring (bicyclic) bond motifs is 1. The summed E-state index contributed by atoms with van der Waals surface area (Å²) < 4.78 is 47.4. The molecule has 2 aliphatic rings. The van der Waals surface area contributed by atoms with Crippen molar-refractivity contribution in [1.29, 1.82) is 0 Å². The van der Waals surface area contributed by atoms with E-state index in [-0.39, 0.29) is 23.0 Å². The lowest BCUT2D eigenvalue weighted by molar-refractivity contribution is -0.138. The summed E-state index contributed by atoms with van der Waals surface area (Å²) in [5.74, 6) is 0.0482. The Kier molecular flexibility index (Phi) is 8.30. The van der Waals surface area contributed by atoms with Gasteiger partial charge < -0.3 is 15.4 Å². The summed E-state index contributed by atoms with van der Waals surface area (Å²) in [6, 6.07) is 9.12. The highest BCUT2D eigenvalue weighted by Crippen LogP contribution is 2.36. The van der Waals surface area contributed by atoms with Gasteiger partial charge in [0.2, 0.25) is 0 Å². The molecule has 0 bridgehead atoms. The normalized spacial score (nSPS) is 17.8. The van der Waals surface area contributed by atoms with Gasteiger partial charge in [0.15, 0.2) is 5.17 Å². The van der Waals surface area contributed by atoms with Crippen LogP contribution in [0, 0.1) is 5.92 Å². The van der Waals surface area contributed by atoms with Gasteiger partial charge in [0.05, 0.1) is 28.7 Å². The number of aromatic nitrogens is 2. The number of amidine groups is 1. The number of nitrogens with zero attached hydrogens (tertiary/aromatic N) is 4. The lowest BCUT2D eigenvalue weighted by Crippen LogP contribution is -2.40. The number of alkyl halides is 3. The monoisotopic (exact) mass is 619 g/mol. The molecule has 1 aromatic heterocycles. The maximum absolute atomic E-state index is 13.6. The first kappa shape index (κ1) is 30.0. The van der Waals surface area contributed by atoms with Crippen LogP contribution >= 0.6 is 23.4 Å². The summed E-state index contributed by atoms with van der Waals surface area (Å²) in [7, 11) is 0. The number of thioether (sulfide) groups is 1. The molecule has 8 nitrogen and oxygen atoms in total. The number of benzene rings is 2. The first-order valence-electron chi connectivity index (χ1n) is 13.3. The summed E-state index contributed by atoms with van der Waals surface area (Å²) in [4.78, 5) is 30.7. The molecule has 222 valence electrons. The smallest absolute Gasteiger partial charge is 0.416 e. The predicted molar refractivity (Wildman–Crippen MR) is 157 cm³/mol. The van der Waals surface area contributed by atoms with E-state index in [0.29, 0.717) is 27.9 Å². The average Bonchev–Trinajstić information content (AvgIpc) is 3.46. The Bertz CT molecular complexity index is 1590. The number of hydrogen-bond acceptors (Lipinski definition) is 6. The second kappa shape index (κ2) is 11.6. The molecule has 0 unspecified atom stereocenters. The zero-order valence-corrected chi connectivity index (χ0v) is 24.5. The van der Waals surface area contributed by atoms with Crippen molar-refractivity contribution in [3.63, 3.8) is 0 Å². The van der Waals surface area contributed by atoms with Crippen molar-refractivity contribution in [2.24, 2.45) is 16.6 Å². The summed E-state index contributed by atoms with van der Waals surface area (Å²) in [5, 5.41) is 5.71. The average molecular weight is 620 g/mol. The number of halogens is 4. The van der Waals surface area contributed by atoms with E-state index in [9.17, 15) is 22.8 Å². The quantitative estimate of drug-likeness (QED) is 0.308. The van der Waals surface area contributed by atoms with Crippen LogP contribution in [0.15, 0.2) is 52.5 Å². The molecule has 2 amide bonds. The summed E-state index contributed by atoms with van der Waals surface area (Å²) in [5.41, 5.74) is 5.23. The molecule has 2 aromatic carbocycles. The van der Waals surface area contributed by atoms with Crippen molar-refractivity contribution < 1.29 is 27.5 Å². The van der Waals surface area contributed by atoms with Crippen molar-refractivity contribution in [2.45, 2.75) is 51.4 Å². The Morgan fingerprint density at radius 3 is 2.62 bits per heavy atom. The number of likely N-dealkylation sites (tertiary alicyclic amines) is 1. The fourth-order valence-electron chi connectivity index (χ4n) is 5.46. The molecule has 0 aliphatic carbocycles. The second-order valence-electron chi connectivity index (χ2n) is 11.0. The number of hydrogen-bond donors (Lipinski definition) is 1. The van der Waals surface area contributed by atoms with Gasteiger partial charge in [0, 0.05) is 23.5 Å². The SMILES string of the molecule is CC(C)(CC1CCN(C2=NC(=O)C(=Cc3ccc4c(cnn4Cc4ccc(Cl)cc4C(F)(F)F)c3)S2)CC1)OC(N)=O. The van der Waals surface area contributed by atoms with Gasteiger partial charge in [-0.3, -0.25) is 9.48 Å². The van der Waals surface area contributed by atoms with Gasteiger partial charge in [0.1, 0.15) is 5.60 Å². The predicted octanol–water partition coefficient (Wildman–Crippen LogP) is 6.70. The minimum Gasteiger partial charge on any atom is -0.444 e. The molecular weight excluding hydrogens is 591 g/mol. The van der Waals surface area contributed by atoms with Gasteiger partial charge in [-0.05, 0) is 92.3 Å². The summed E-state index contributed by atoms with van der Waals surface area (Å²) >= 11 is 7.13. The molecular formula is C29H29ClF3N5O3S. The van der Waals surface area contributed by atoms with E-state index in [1.165, 1.54) is 28.6 Å². The van der Waals surface area contributed by atoms with Crippen LogP contribution in [0.2, 0.25) is 5.02 Å². The van der Waals surface area contributed by atoms with Gasteiger partial charge in [-0.25, -0.2) is 4.79 Å². The Labute approximate surface area is 249 Å². The fourth-order valence-corrected chi connectivity index (χ4v) is 6.59. The number of ether oxygens (including phenoxy) is 1. The topological polar surface area (TPSA) is 103 Å². The third-order valence-corrected chi connectivity index (χ3v) is 8.59. The molecule has 13 heteroatoms. The summed E-state index contributed by atoms with van der Waals surface area (Å²) in [6.45, 7) is 5.09. The van der Waals surface area contributed by atoms with E-state index in [4.69, 9.17) is 22.1 Å². The molecule has 0 radical (unpaired) electrons. The molecule has 42 heavy (non-hydrogen) atoms. The van der Waals surface area contributed by atoms with Crippen LogP contribution in [0.4, 0.5) is 18.0 Å². The van der Waals surface area contributed by atoms with Crippen molar-refractivity contribution >= 4 is 57.5 Å². The van der Waals surface area contributed by atoms with E-state index in [1.54, 1.807) is 24.4 Å². The van der Waals surface area contributed by atoms with Crippen LogP contribution in [-0.4, -0.2) is 50.5 Å². The highest BCUT2D eigenvalue weighted by atomic mass is 35.5. The van der Waals surface area contributed by atoms with Crippen LogP contribution in [-0.2, 0) is 22.3 Å². The van der Waals surface area contributed by atoms with Crippen LogP contribution in [0.25, 0.3) is 17.0 Å². The maximum atomic E-state index is 13.6. The standard InChI is InChI=1S/C29H29ClF3N5O3S/c1-28(2,41-26(34)40)14-17-7-9-37(10-8-17)27-36-25(39)24(42-27)12-18-3-6-23-20(11-18)15-35-38(23)16-19-4-5-21(30)13-22(19)29(31,32)33/h3-6,11-13,15,17H,7-10,14,16H2,1-2H3,(H2,34,40). The number of carbonyl (C=O) groups is 2. The third-order valence-electron chi connectivity index (χ3n) is 7.31. The van der Waals surface area contributed by atoms with Crippen LogP contribution in [0.5, 0.6) is 0 Å². The van der Waals surface area contributed by atoms with Crippen LogP contribution < -0.4 is 5.73 Å². The minimum atomic E-state index is -4.54. The van der Waals surface area contributed by atoms with E-state index >= 15 is 0 Å². The highest BCUT2D eigenvalue weighted by molar-refractivity contribution is 8.18. The second-order valence-corrected chi connectivity index (χ2v) is 12.5. The van der Waals surface area contributed by atoms with Crippen LogP contribution in [0.3, 0.4) is 0 Å². The van der Waals surface area contributed by atoms with Crippen LogP contribution in [0.1, 0.15) is 49.8 Å². The number of piperidine rings is 1. The van der Waals surface area contributed by atoms with E-state index in [2.05, 4.69) is 15.0 Å². The molecule has 1 saturated heterocycles. The maximum Gasteiger partial charge on any atom is 0.416 e. The Morgan fingerprint density at radius 2 is 1.93 bits per heavy atom. The Hall–Kier alpha value is -3.51. The highest BCUT2D eigenvalue weighted by Gasteiger charge is 2.34. The number of primary amides is 1. The number of carbonyl (C=O) groups excluding carboxylic acids is 2. The number of nitrogens with two attached hydrogens (primary N) is 1. The zero-order valence-electron chi connectivity index (χ0n) is 22.9. The molecule has 0 saturated carbocycles. The van der Waals surface area contributed by atoms with Gasteiger partial charge >= 0.3 is 12.3 Å². The molecule has 2 N–H and O–H groups in total. The lowest BCUT2D eigenvalue weighted by Gasteiger charge is -2.36. The molecule has 2 aliphatic heterocycles. The largest absolute Gasteiger partial charge is 0.444 e. The van der Waals surface area contributed by atoms with E-state index in [1.807, 2.05) is 19.9 Å². The van der Waals surface area contributed by atoms with E-state index in [0.717, 1.165) is 42.9 Å². The number of rotatable bonds is 6. The van der Waals surface area contributed by atoms with E-state index < -0.39 is 23.4 Å². The van der Waals surface area contributed by atoms with Gasteiger partial charge in [-0.2, -0.15) is 23.3 Å². The number of amides is 2. The van der Waals surface area contributed by atoms with Crippen molar-refractivity contribution in [1.82, 2.24) is 14.7 Å². The zero-order chi connectivity index (χ0) is 30.2. The number of aliphatic imine (C=N–C) groups is 1. The molecule has 5 rings (SSSR count). The van der Waals surface area contributed by atoms with Gasteiger partial charge in [-0.15, -0.1) is 0 Å². The molecule has 0 atom stereocenters. The summed E-state index contributed by atoms with van der Waals surface area (Å²) in [6.07, 6.45) is 0.485. The van der Waals surface area contributed by atoms with Crippen molar-refractivity contribution in [2.75, 3.05) is 13.1 Å². The lowest BCUT2D eigenvalue weighted by atomic mass is 9.86. The Morgan fingerprint density at radius 1 is 1.19 bits per heavy atom. The van der Waals surface area contributed by atoms with Crippen molar-refractivity contribution in [3.8, 4) is 0 Å². The fraction of sp³-hybridized carbons (Fsp3) is 0.379. The minimum absolute atomic E-state index is 0.0150.